The van der Waals surface area contributed by atoms with Gasteiger partial charge in [-0.3, -0.25) is 9.59 Å². The molecule has 1 fully saturated rings. The minimum atomic E-state index is -0.575. The Hall–Kier alpha value is -2.57. The van der Waals surface area contributed by atoms with E-state index in [1.165, 1.54) is 17.5 Å². The summed E-state index contributed by atoms with van der Waals surface area (Å²) in [6, 6.07) is 25.9. The molecule has 1 aliphatic rings. The van der Waals surface area contributed by atoms with Gasteiger partial charge in [-0.2, -0.15) is 0 Å². The van der Waals surface area contributed by atoms with Crippen LogP contribution in [0.1, 0.15) is 54.4 Å². The van der Waals surface area contributed by atoms with Gasteiger partial charge >= 0.3 is 0 Å². The number of nitrogens with zero attached hydrogens (tertiary/aromatic N) is 1. The van der Waals surface area contributed by atoms with Crippen LogP contribution in [0.2, 0.25) is 0 Å². The molecule has 0 aliphatic heterocycles. The van der Waals surface area contributed by atoms with Gasteiger partial charge in [-0.1, -0.05) is 102 Å². The molecule has 0 aromatic heterocycles. The third-order valence-corrected chi connectivity index (χ3v) is 8.73. The van der Waals surface area contributed by atoms with Crippen molar-refractivity contribution in [2.75, 3.05) is 5.75 Å². The van der Waals surface area contributed by atoms with Crippen LogP contribution in [0.25, 0.3) is 0 Å². The minimum absolute atomic E-state index is 0.00812. The molecule has 6 heteroatoms. The highest BCUT2D eigenvalue weighted by Gasteiger charge is 2.31. The fourth-order valence-corrected chi connectivity index (χ4v) is 6.24. The number of thioether (sulfide) groups is 1. The Morgan fingerprint density at radius 1 is 0.921 bits per heavy atom. The standard InChI is InChI=1S/C32H37BrN2O2S/c1-24-10-8-9-13-27(24)22-38-23-31(36)35(21-26-16-18-28(33)19-17-26)30(20-25-11-4-2-5-12-25)32(37)34-29-14-6-3-7-15-29/h2,4-5,8-13,16-19,29-30H,3,6-7,14-15,20-23H2,1H3,(H,34,37)/t30-/m1/s1. The van der Waals surface area contributed by atoms with Gasteiger partial charge in [0.25, 0.3) is 0 Å². The fraction of sp³-hybridized carbons (Fsp3) is 0.375. The van der Waals surface area contributed by atoms with E-state index in [-0.39, 0.29) is 17.9 Å². The predicted octanol–water partition coefficient (Wildman–Crippen LogP) is 7.08. The predicted molar refractivity (Wildman–Crippen MR) is 161 cm³/mol. The zero-order valence-electron chi connectivity index (χ0n) is 22.1. The highest BCUT2D eigenvalue weighted by molar-refractivity contribution is 9.10. The topological polar surface area (TPSA) is 49.4 Å². The van der Waals surface area contributed by atoms with Gasteiger partial charge in [0.1, 0.15) is 6.04 Å². The number of aryl methyl sites for hydroxylation is 1. The Morgan fingerprint density at radius 3 is 2.32 bits per heavy atom. The molecule has 0 bridgehead atoms. The largest absolute Gasteiger partial charge is 0.352 e. The molecule has 0 heterocycles. The first-order valence-electron chi connectivity index (χ1n) is 13.5. The average Bonchev–Trinajstić information content (AvgIpc) is 2.94. The first-order valence-corrected chi connectivity index (χ1v) is 15.4. The lowest BCUT2D eigenvalue weighted by molar-refractivity contribution is -0.139. The van der Waals surface area contributed by atoms with Crippen LogP contribution in [-0.2, 0) is 28.3 Å². The van der Waals surface area contributed by atoms with Crippen LogP contribution < -0.4 is 5.32 Å². The number of halogens is 1. The van der Waals surface area contributed by atoms with Crippen LogP contribution in [0.4, 0.5) is 0 Å². The number of carbonyl (C=O) groups is 2. The Labute approximate surface area is 239 Å². The quantitative estimate of drug-likeness (QED) is 0.259. The summed E-state index contributed by atoms with van der Waals surface area (Å²) in [5.74, 6) is 1.04. The molecule has 38 heavy (non-hydrogen) atoms. The van der Waals surface area contributed by atoms with Gasteiger partial charge in [-0.05, 0) is 54.2 Å². The van der Waals surface area contributed by atoms with Crippen LogP contribution in [0, 0.1) is 6.92 Å². The molecule has 1 N–H and O–H groups in total. The zero-order valence-corrected chi connectivity index (χ0v) is 24.5. The molecule has 4 nitrogen and oxygen atoms in total. The van der Waals surface area contributed by atoms with Crippen molar-refractivity contribution in [2.24, 2.45) is 0 Å². The van der Waals surface area contributed by atoms with Gasteiger partial charge in [0.15, 0.2) is 0 Å². The molecular weight excluding hydrogens is 556 g/mol. The van der Waals surface area contributed by atoms with E-state index >= 15 is 0 Å². The summed E-state index contributed by atoms with van der Waals surface area (Å²) in [5.41, 5.74) is 4.53. The second kappa shape index (κ2) is 14.5. The van der Waals surface area contributed by atoms with Gasteiger partial charge in [0, 0.05) is 29.2 Å². The number of carbonyl (C=O) groups excluding carboxylic acids is 2. The molecule has 2 amide bonds. The van der Waals surface area contributed by atoms with E-state index < -0.39 is 6.04 Å². The lowest BCUT2D eigenvalue weighted by atomic mass is 9.94. The smallest absolute Gasteiger partial charge is 0.243 e. The van der Waals surface area contributed by atoms with Crippen LogP contribution in [0.3, 0.4) is 0 Å². The summed E-state index contributed by atoms with van der Waals surface area (Å²) in [4.78, 5) is 29.5. The van der Waals surface area contributed by atoms with Gasteiger partial charge < -0.3 is 10.2 Å². The maximum Gasteiger partial charge on any atom is 0.243 e. The number of nitrogens with one attached hydrogen (secondary N) is 1. The van der Waals surface area contributed by atoms with Gasteiger partial charge in [0.05, 0.1) is 5.75 Å². The van der Waals surface area contributed by atoms with Crippen LogP contribution in [-0.4, -0.2) is 34.6 Å². The lowest BCUT2D eigenvalue weighted by Gasteiger charge is -2.33. The number of benzene rings is 3. The fourth-order valence-electron chi connectivity index (χ4n) is 4.99. The summed E-state index contributed by atoms with van der Waals surface area (Å²) in [7, 11) is 0. The van der Waals surface area contributed by atoms with Crippen LogP contribution in [0.15, 0.2) is 83.3 Å². The molecule has 3 aromatic carbocycles. The molecule has 0 saturated heterocycles. The van der Waals surface area contributed by atoms with Crippen molar-refractivity contribution in [3.63, 3.8) is 0 Å². The van der Waals surface area contributed by atoms with Crippen molar-refractivity contribution in [3.05, 3.63) is 106 Å². The van der Waals surface area contributed by atoms with Crippen molar-refractivity contribution in [2.45, 2.75) is 69.8 Å². The first kappa shape index (κ1) is 28.4. The Kier molecular flexibility index (Phi) is 10.9. The van der Waals surface area contributed by atoms with Gasteiger partial charge in [-0.25, -0.2) is 0 Å². The maximum absolute atomic E-state index is 13.8. The Balaban J connectivity index is 1.56. The van der Waals surface area contributed by atoms with Gasteiger partial charge in [-0.15, -0.1) is 11.8 Å². The highest BCUT2D eigenvalue weighted by Crippen LogP contribution is 2.22. The molecule has 0 radical (unpaired) electrons. The number of amides is 2. The molecule has 1 aliphatic carbocycles. The van der Waals surface area contributed by atoms with E-state index in [0.717, 1.165) is 47.0 Å². The van der Waals surface area contributed by atoms with E-state index in [4.69, 9.17) is 0 Å². The van der Waals surface area contributed by atoms with E-state index in [1.54, 1.807) is 16.7 Å². The summed E-state index contributed by atoms with van der Waals surface area (Å²) in [6.07, 6.45) is 6.03. The summed E-state index contributed by atoms with van der Waals surface area (Å²) >= 11 is 5.12. The molecule has 1 atom stereocenters. The van der Waals surface area contributed by atoms with Crippen LogP contribution >= 0.6 is 27.7 Å². The van der Waals surface area contributed by atoms with E-state index in [9.17, 15) is 9.59 Å². The molecule has 0 unspecified atom stereocenters. The number of rotatable bonds is 11. The summed E-state index contributed by atoms with van der Waals surface area (Å²) < 4.78 is 0.990. The monoisotopic (exact) mass is 592 g/mol. The van der Waals surface area contributed by atoms with Crippen molar-refractivity contribution in [1.29, 1.82) is 0 Å². The Morgan fingerprint density at radius 2 is 1.61 bits per heavy atom. The van der Waals surface area contributed by atoms with E-state index in [1.807, 2.05) is 66.7 Å². The maximum atomic E-state index is 13.8. The highest BCUT2D eigenvalue weighted by atomic mass is 79.9. The second-order valence-electron chi connectivity index (χ2n) is 10.1. The molecule has 3 aromatic rings. The lowest BCUT2D eigenvalue weighted by Crippen LogP contribution is -2.53. The van der Waals surface area contributed by atoms with Crippen molar-refractivity contribution in [1.82, 2.24) is 10.2 Å². The first-order chi connectivity index (χ1) is 18.5. The molecule has 0 spiro atoms. The third-order valence-electron chi connectivity index (χ3n) is 7.23. The summed E-state index contributed by atoms with van der Waals surface area (Å²) in [6.45, 7) is 2.50. The van der Waals surface area contributed by atoms with E-state index in [2.05, 4.69) is 40.3 Å². The average molecular weight is 594 g/mol. The van der Waals surface area contributed by atoms with Gasteiger partial charge in [0.2, 0.25) is 11.8 Å². The second-order valence-corrected chi connectivity index (χ2v) is 12.0. The third kappa shape index (κ3) is 8.47. The number of hydrogen-bond acceptors (Lipinski definition) is 3. The van der Waals surface area contributed by atoms with Crippen molar-refractivity contribution < 1.29 is 9.59 Å². The normalized spacial score (nSPS) is 14.6. The molecular formula is C32H37BrN2O2S. The zero-order chi connectivity index (χ0) is 26.7. The van der Waals surface area contributed by atoms with Crippen molar-refractivity contribution in [3.8, 4) is 0 Å². The van der Waals surface area contributed by atoms with E-state index in [0.29, 0.717) is 18.7 Å². The molecule has 1 saturated carbocycles. The minimum Gasteiger partial charge on any atom is -0.352 e. The van der Waals surface area contributed by atoms with Crippen LogP contribution in [0.5, 0.6) is 0 Å². The number of hydrogen-bond donors (Lipinski definition) is 1. The SMILES string of the molecule is Cc1ccccc1CSCC(=O)N(Cc1ccc(Br)cc1)[C@H](Cc1ccccc1)C(=O)NC1CCCCC1. The molecule has 4 rings (SSSR count). The summed E-state index contributed by atoms with van der Waals surface area (Å²) in [5, 5.41) is 3.31. The molecule has 200 valence electrons. The Bertz CT molecular complexity index is 1180. The van der Waals surface area contributed by atoms with Crippen molar-refractivity contribution >= 4 is 39.5 Å².